The van der Waals surface area contributed by atoms with Crippen LogP contribution in [-0.4, -0.2) is 29.0 Å². The highest BCUT2D eigenvalue weighted by molar-refractivity contribution is 8.00. The number of fused-ring (bicyclic) bond motifs is 1. The van der Waals surface area contributed by atoms with Crippen LogP contribution in [0.2, 0.25) is 0 Å². The van der Waals surface area contributed by atoms with E-state index in [0.717, 1.165) is 29.2 Å². The van der Waals surface area contributed by atoms with Gasteiger partial charge in [-0.25, -0.2) is 4.98 Å². The summed E-state index contributed by atoms with van der Waals surface area (Å²) in [6, 6.07) is 7.65. The zero-order chi connectivity index (χ0) is 16.9. The average Bonchev–Trinajstić information content (AvgIpc) is 2.98. The van der Waals surface area contributed by atoms with E-state index >= 15 is 0 Å². The first-order valence-corrected chi connectivity index (χ1v) is 9.64. The summed E-state index contributed by atoms with van der Waals surface area (Å²) in [7, 11) is 0. The maximum atomic E-state index is 12.1. The molecule has 1 aromatic carbocycles. The van der Waals surface area contributed by atoms with E-state index in [0.29, 0.717) is 28.8 Å². The van der Waals surface area contributed by atoms with Gasteiger partial charge in [0.1, 0.15) is 5.75 Å². The minimum absolute atomic E-state index is 0.118. The minimum atomic E-state index is -0.118. The summed E-state index contributed by atoms with van der Waals surface area (Å²) < 4.78 is 5.39. The molecule has 1 N–H and O–H groups in total. The van der Waals surface area contributed by atoms with Gasteiger partial charge in [0.2, 0.25) is 5.91 Å². The van der Waals surface area contributed by atoms with Crippen LogP contribution in [0.4, 0.5) is 5.13 Å². The van der Waals surface area contributed by atoms with Gasteiger partial charge in [0.05, 0.1) is 22.9 Å². The van der Waals surface area contributed by atoms with Crippen molar-refractivity contribution in [1.82, 2.24) is 4.98 Å². The Morgan fingerprint density at radius 3 is 2.83 bits per heavy atom. The molecule has 0 saturated heterocycles. The molecular formula is C17H18N2O3S2. The number of carbonyl (C=O) groups excluding carboxylic acids is 2. The number of amides is 1. The SMILES string of the molecule is CCOc1ccc(SCC(=O)Nc2nc3c(s2)C(=O)CCC3)cc1. The van der Waals surface area contributed by atoms with Crippen molar-refractivity contribution < 1.29 is 14.3 Å². The first-order chi connectivity index (χ1) is 11.7. The molecule has 24 heavy (non-hydrogen) atoms. The Hall–Kier alpha value is -1.86. The lowest BCUT2D eigenvalue weighted by molar-refractivity contribution is -0.113. The molecule has 0 radical (unpaired) electrons. The summed E-state index contributed by atoms with van der Waals surface area (Å²) >= 11 is 2.73. The molecule has 126 valence electrons. The number of hydrogen-bond acceptors (Lipinski definition) is 6. The Bertz CT molecular complexity index is 741. The van der Waals surface area contributed by atoms with Crippen LogP contribution in [0.3, 0.4) is 0 Å². The van der Waals surface area contributed by atoms with Crippen LogP contribution in [0, 0.1) is 0 Å². The van der Waals surface area contributed by atoms with Crippen LogP contribution in [0.15, 0.2) is 29.2 Å². The van der Waals surface area contributed by atoms with Crippen molar-refractivity contribution in [1.29, 1.82) is 0 Å². The molecule has 1 amide bonds. The Labute approximate surface area is 148 Å². The number of ketones is 1. The molecule has 0 spiro atoms. The summed E-state index contributed by atoms with van der Waals surface area (Å²) in [5, 5.41) is 3.31. The molecule has 5 nitrogen and oxygen atoms in total. The smallest absolute Gasteiger partial charge is 0.236 e. The number of thiazole rings is 1. The molecular weight excluding hydrogens is 344 g/mol. The second-order valence-corrected chi connectivity index (χ2v) is 7.36. The lowest BCUT2D eigenvalue weighted by Crippen LogP contribution is -2.13. The Morgan fingerprint density at radius 2 is 2.12 bits per heavy atom. The molecule has 0 atom stereocenters. The monoisotopic (exact) mass is 362 g/mol. The van der Waals surface area contributed by atoms with Crippen molar-refractivity contribution in [3.8, 4) is 5.75 Å². The predicted molar refractivity (Wildman–Crippen MR) is 96.3 cm³/mol. The van der Waals surface area contributed by atoms with Crippen LogP contribution in [0.25, 0.3) is 0 Å². The number of anilines is 1. The number of carbonyl (C=O) groups is 2. The quantitative estimate of drug-likeness (QED) is 0.792. The van der Waals surface area contributed by atoms with Gasteiger partial charge in [0.15, 0.2) is 10.9 Å². The summed E-state index contributed by atoms with van der Waals surface area (Å²) in [6.45, 7) is 2.58. The zero-order valence-corrected chi connectivity index (χ0v) is 15.0. The van der Waals surface area contributed by atoms with Crippen LogP contribution in [-0.2, 0) is 11.2 Å². The largest absolute Gasteiger partial charge is 0.494 e. The molecule has 7 heteroatoms. The maximum absolute atomic E-state index is 12.1. The number of aromatic nitrogens is 1. The third kappa shape index (κ3) is 4.15. The van der Waals surface area contributed by atoms with E-state index in [1.54, 1.807) is 0 Å². The second kappa shape index (κ2) is 7.81. The minimum Gasteiger partial charge on any atom is -0.494 e. The summed E-state index contributed by atoms with van der Waals surface area (Å²) in [5.41, 5.74) is 0.825. The van der Waals surface area contributed by atoms with Gasteiger partial charge in [-0.3, -0.25) is 9.59 Å². The highest BCUT2D eigenvalue weighted by Crippen LogP contribution is 2.30. The number of thioether (sulfide) groups is 1. The third-order valence-electron chi connectivity index (χ3n) is 3.52. The molecule has 1 aliphatic rings. The number of nitrogens with zero attached hydrogens (tertiary/aromatic N) is 1. The topological polar surface area (TPSA) is 68.3 Å². The van der Waals surface area contributed by atoms with Gasteiger partial charge in [-0.1, -0.05) is 11.3 Å². The Balaban J connectivity index is 1.53. The second-order valence-electron chi connectivity index (χ2n) is 5.31. The van der Waals surface area contributed by atoms with E-state index in [9.17, 15) is 9.59 Å². The number of ether oxygens (including phenoxy) is 1. The predicted octanol–water partition coefficient (Wildman–Crippen LogP) is 3.79. The Morgan fingerprint density at radius 1 is 1.33 bits per heavy atom. The molecule has 1 aromatic heterocycles. The zero-order valence-electron chi connectivity index (χ0n) is 13.3. The number of Topliss-reactive ketones (excluding diaryl/α,β-unsaturated/α-hetero) is 1. The molecule has 1 heterocycles. The van der Waals surface area contributed by atoms with Gasteiger partial charge in [-0.05, 0) is 44.0 Å². The van der Waals surface area contributed by atoms with Crippen molar-refractivity contribution in [2.24, 2.45) is 0 Å². The van der Waals surface area contributed by atoms with E-state index in [4.69, 9.17) is 4.74 Å². The third-order valence-corrected chi connectivity index (χ3v) is 5.59. The van der Waals surface area contributed by atoms with Crippen molar-refractivity contribution >= 4 is 39.9 Å². The Kier molecular flexibility index (Phi) is 5.52. The highest BCUT2D eigenvalue weighted by atomic mass is 32.2. The molecule has 0 bridgehead atoms. The van der Waals surface area contributed by atoms with Crippen molar-refractivity contribution in [3.05, 3.63) is 34.8 Å². The van der Waals surface area contributed by atoms with Gasteiger partial charge < -0.3 is 10.1 Å². The number of nitrogens with one attached hydrogen (secondary N) is 1. The van der Waals surface area contributed by atoms with E-state index in [1.165, 1.54) is 23.1 Å². The summed E-state index contributed by atoms with van der Waals surface area (Å²) in [5.74, 6) is 1.14. The van der Waals surface area contributed by atoms with E-state index in [1.807, 2.05) is 31.2 Å². The molecule has 0 fully saturated rings. The van der Waals surface area contributed by atoms with E-state index in [2.05, 4.69) is 10.3 Å². The van der Waals surface area contributed by atoms with Crippen molar-refractivity contribution in [3.63, 3.8) is 0 Å². The number of hydrogen-bond donors (Lipinski definition) is 1. The molecule has 1 aliphatic carbocycles. The lowest BCUT2D eigenvalue weighted by atomic mass is 10.0. The molecule has 0 aliphatic heterocycles. The average molecular weight is 362 g/mol. The van der Waals surface area contributed by atoms with Crippen LogP contribution >= 0.6 is 23.1 Å². The number of aryl methyl sites for hydroxylation is 1. The maximum Gasteiger partial charge on any atom is 0.236 e. The van der Waals surface area contributed by atoms with Crippen LogP contribution < -0.4 is 10.1 Å². The van der Waals surface area contributed by atoms with Gasteiger partial charge in [-0.15, -0.1) is 11.8 Å². The van der Waals surface area contributed by atoms with Crippen LogP contribution in [0.1, 0.15) is 35.1 Å². The van der Waals surface area contributed by atoms with E-state index in [-0.39, 0.29) is 11.7 Å². The molecule has 3 rings (SSSR count). The standard InChI is InChI=1S/C17H18N2O3S2/c1-2-22-11-6-8-12(9-7-11)23-10-15(21)19-17-18-13-4-3-5-14(20)16(13)24-17/h6-9H,2-5,10H2,1H3,(H,18,19,21). The fourth-order valence-electron chi connectivity index (χ4n) is 2.43. The van der Waals surface area contributed by atoms with Gasteiger partial charge in [0, 0.05) is 11.3 Å². The highest BCUT2D eigenvalue weighted by Gasteiger charge is 2.22. The van der Waals surface area contributed by atoms with Gasteiger partial charge >= 0.3 is 0 Å². The fraction of sp³-hybridized carbons (Fsp3) is 0.353. The van der Waals surface area contributed by atoms with Crippen molar-refractivity contribution in [2.45, 2.75) is 31.1 Å². The number of benzene rings is 1. The first-order valence-electron chi connectivity index (χ1n) is 7.84. The summed E-state index contributed by atoms with van der Waals surface area (Å²) in [4.78, 5) is 30.0. The molecule has 0 saturated carbocycles. The lowest BCUT2D eigenvalue weighted by Gasteiger charge is -2.05. The fourth-order valence-corrected chi connectivity index (χ4v) is 4.12. The van der Waals surface area contributed by atoms with Crippen LogP contribution in [0.5, 0.6) is 5.75 Å². The molecule has 0 unspecified atom stereocenters. The van der Waals surface area contributed by atoms with Gasteiger partial charge in [0.25, 0.3) is 0 Å². The first kappa shape index (κ1) is 17.0. The van der Waals surface area contributed by atoms with E-state index < -0.39 is 0 Å². The summed E-state index contributed by atoms with van der Waals surface area (Å²) in [6.07, 6.45) is 2.24. The molecule has 2 aromatic rings. The van der Waals surface area contributed by atoms with Crippen molar-refractivity contribution in [2.75, 3.05) is 17.7 Å². The number of rotatable bonds is 6. The van der Waals surface area contributed by atoms with Gasteiger partial charge in [-0.2, -0.15) is 0 Å². The normalized spacial score (nSPS) is 13.5.